The predicted molar refractivity (Wildman–Crippen MR) is 93.8 cm³/mol. The van der Waals surface area contributed by atoms with E-state index < -0.39 is 0 Å². The monoisotopic (exact) mass is 338 g/mol. The molecule has 0 unspecified atom stereocenters. The number of fused-ring (bicyclic) bond motifs is 1. The highest BCUT2D eigenvalue weighted by atomic mass is 16.7. The van der Waals surface area contributed by atoms with Gasteiger partial charge in [-0.25, -0.2) is 0 Å². The molecule has 1 saturated heterocycles. The summed E-state index contributed by atoms with van der Waals surface area (Å²) in [5.41, 5.74) is 2.00. The maximum Gasteiger partial charge on any atom is 0.253 e. The Bertz CT molecular complexity index is 778. The van der Waals surface area contributed by atoms with Gasteiger partial charge in [-0.15, -0.1) is 0 Å². The van der Waals surface area contributed by atoms with Crippen molar-refractivity contribution in [2.45, 2.75) is 26.2 Å². The summed E-state index contributed by atoms with van der Waals surface area (Å²) in [6.07, 6.45) is 6.40. The van der Waals surface area contributed by atoms with Crippen molar-refractivity contribution in [1.82, 2.24) is 9.88 Å². The van der Waals surface area contributed by atoms with Gasteiger partial charge in [0.15, 0.2) is 11.5 Å². The van der Waals surface area contributed by atoms with E-state index in [-0.39, 0.29) is 11.3 Å². The van der Waals surface area contributed by atoms with Gasteiger partial charge in [0.25, 0.3) is 5.91 Å². The van der Waals surface area contributed by atoms with Crippen LogP contribution in [0.25, 0.3) is 0 Å². The molecule has 0 saturated carbocycles. The van der Waals surface area contributed by atoms with Crippen LogP contribution < -0.4 is 9.47 Å². The lowest BCUT2D eigenvalue weighted by Gasteiger charge is -2.40. The van der Waals surface area contributed by atoms with Crippen LogP contribution >= 0.6 is 0 Å². The molecule has 1 amide bonds. The number of amides is 1. The quantitative estimate of drug-likeness (QED) is 0.862. The summed E-state index contributed by atoms with van der Waals surface area (Å²) < 4.78 is 10.9. The SMILES string of the molecule is C[C@]1(Cc2ccc3c(c2)OCO3)CCCN(C(=O)c2ccncc2)C1. The van der Waals surface area contributed by atoms with E-state index in [1.54, 1.807) is 24.5 Å². The molecule has 130 valence electrons. The van der Waals surface area contributed by atoms with Crippen LogP contribution in [-0.4, -0.2) is 35.7 Å². The van der Waals surface area contributed by atoms with Crippen LogP contribution in [0, 0.1) is 5.41 Å². The first-order valence-corrected chi connectivity index (χ1v) is 8.71. The zero-order chi connectivity index (χ0) is 17.3. The van der Waals surface area contributed by atoms with Gasteiger partial charge in [0.05, 0.1) is 0 Å². The molecule has 1 aromatic carbocycles. The summed E-state index contributed by atoms with van der Waals surface area (Å²) in [5, 5.41) is 0. The van der Waals surface area contributed by atoms with Crippen molar-refractivity contribution in [3.05, 3.63) is 53.9 Å². The first kappa shape index (κ1) is 15.9. The van der Waals surface area contributed by atoms with E-state index in [1.165, 1.54) is 5.56 Å². The number of likely N-dealkylation sites (tertiary alicyclic amines) is 1. The third-order valence-corrected chi connectivity index (χ3v) is 5.06. The van der Waals surface area contributed by atoms with Crippen LogP contribution in [0.4, 0.5) is 0 Å². The van der Waals surface area contributed by atoms with E-state index in [2.05, 4.69) is 24.0 Å². The molecular formula is C20H22N2O3. The fourth-order valence-corrected chi connectivity index (χ4v) is 3.85. The van der Waals surface area contributed by atoms with Gasteiger partial charge in [-0.2, -0.15) is 0 Å². The Kier molecular flexibility index (Phi) is 4.07. The third-order valence-electron chi connectivity index (χ3n) is 5.06. The van der Waals surface area contributed by atoms with E-state index in [0.717, 1.165) is 43.9 Å². The van der Waals surface area contributed by atoms with Crippen molar-refractivity contribution < 1.29 is 14.3 Å². The molecule has 2 aliphatic heterocycles. The number of benzene rings is 1. The van der Waals surface area contributed by atoms with Crippen LogP contribution in [-0.2, 0) is 6.42 Å². The average molecular weight is 338 g/mol. The fourth-order valence-electron chi connectivity index (χ4n) is 3.85. The van der Waals surface area contributed by atoms with Gasteiger partial charge in [-0.3, -0.25) is 9.78 Å². The molecule has 25 heavy (non-hydrogen) atoms. The lowest BCUT2D eigenvalue weighted by molar-refractivity contribution is 0.0550. The second-order valence-corrected chi connectivity index (χ2v) is 7.24. The molecule has 2 aromatic rings. The number of piperidine rings is 1. The van der Waals surface area contributed by atoms with Crippen molar-refractivity contribution in [3.8, 4) is 11.5 Å². The molecule has 4 rings (SSSR count). The summed E-state index contributed by atoms with van der Waals surface area (Å²) in [7, 11) is 0. The Hall–Kier alpha value is -2.56. The van der Waals surface area contributed by atoms with Crippen LogP contribution in [0.5, 0.6) is 11.5 Å². The smallest absolute Gasteiger partial charge is 0.253 e. The van der Waals surface area contributed by atoms with Gasteiger partial charge >= 0.3 is 0 Å². The number of carbonyl (C=O) groups excluding carboxylic acids is 1. The summed E-state index contributed by atoms with van der Waals surface area (Å²) in [4.78, 5) is 18.7. The molecule has 5 nitrogen and oxygen atoms in total. The average Bonchev–Trinajstić information content (AvgIpc) is 3.09. The van der Waals surface area contributed by atoms with Crippen LogP contribution in [0.15, 0.2) is 42.7 Å². The maximum atomic E-state index is 12.8. The molecule has 1 aromatic heterocycles. The lowest BCUT2D eigenvalue weighted by Crippen LogP contribution is -2.45. The van der Waals surface area contributed by atoms with Gasteiger partial charge in [0.1, 0.15) is 0 Å². The van der Waals surface area contributed by atoms with Crippen molar-refractivity contribution in [1.29, 1.82) is 0 Å². The number of pyridine rings is 1. The highest BCUT2D eigenvalue weighted by molar-refractivity contribution is 5.94. The Morgan fingerprint density at radius 2 is 2.00 bits per heavy atom. The minimum absolute atomic E-state index is 0.0641. The molecule has 0 N–H and O–H groups in total. The molecule has 2 aliphatic rings. The largest absolute Gasteiger partial charge is 0.454 e. The number of aromatic nitrogens is 1. The zero-order valence-corrected chi connectivity index (χ0v) is 14.4. The number of hydrogen-bond acceptors (Lipinski definition) is 4. The Balaban J connectivity index is 1.49. The van der Waals surface area contributed by atoms with E-state index >= 15 is 0 Å². The second kappa shape index (κ2) is 6.39. The first-order chi connectivity index (χ1) is 12.1. The van der Waals surface area contributed by atoms with Gasteiger partial charge in [-0.1, -0.05) is 13.0 Å². The second-order valence-electron chi connectivity index (χ2n) is 7.24. The minimum atomic E-state index is 0.0641. The number of carbonyl (C=O) groups is 1. The normalized spacial score (nSPS) is 22.0. The highest BCUT2D eigenvalue weighted by Gasteiger charge is 2.34. The van der Waals surface area contributed by atoms with Gasteiger partial charge < -0.3 is 14.4 Å². The molecule has 0 aliphatic carbocycles. The van der Waals surface area contributed by atoms with Crippen LogP contribution in [0.1, 0.15) is 35.7 Å². The molecule has 3 heterocycles. The summed E-state index contributed by atoms with van der Waals surface area (Å²) in [6, 6.07) is 9.71. The standard InChI is InChI=1S/C20H22N2O3/c1-20(12-15-3-4-17-18(11-15)25-14-24-17)7-2-10-22(13-20)19(23)16-5-8-21-9-6-16/h3-6,8-9,11H,2,7,10,12-14H2,1H3/t20-/m1/s1. The highest BCUT2D eigenvalue weighted by Crippen LogP contribution is 2.37. The predicted octanol–water partition coefficient (Wildman–Crippen LogP) is 3.30. The minimum Gasteiger partial charge on any atom is -0.454 e. The number of hydrogen-bond donors (Lipinski definition) is 0. The van der Waals surface area contributed by atoms with Crippen molar-refractivity contribution in [3.63, 3.8) is 0 Å². The Labute approximate surface area is 147 Å². The topological polar surface area (TPSA) is 51.7 Å². The van der Waals surface area contributed by atoms with Crippen molar-refractivity contribution >= 4 is 5.91 Å². The molecular weight excluding hydrogens is 316 g/mol. The Morgan fingerprint density at radius 3 is 2.84 bits per heavy atom. The Morgan fingerprint density at radius 1 is 1.20 bits per heavy atom. The maximum absolute atomic E-state index is 12.8. The molecule has 0 spiro atoms. The first-order valence-electron chi connectivity index (χ1n) is 8.71. The molecule has 1 atom stereocenters. The third kappa shape index (κ3) is 3.31. The van der Waals surface area contributed by atoms with Crippen molar-refractivity contribution in [2.75, 3.05) is 19.9 Å². The van der Waals surface area contributed by atoms with Gasteiger partial charge in [0.2, 0.25) is 6.79 Å². The van der Waals surface area contributed by atoms with Crippen LogP contribution in [0.3, 0.4) is 0 Å². The van der Waals surface area contributed by atoms with E-state index in [9.17, 15) is 4.79 Å². The van der Waals surface area contributed by atoms with E-state index in [0.29, 0.717) is 12.4 Å². The summed E-state index contributed by atoms with van der Waals surface area (Å²) in [6.45, 7) is 4.15. The van der Waals surface area contributed by atoms with Crippen molar-refractivity contribution in [2.24, 2.45) is 5.41 Å². The van der Waals surface area contributed by atoms with E-state index in [4.69, 9.17) is 9.47 Å². The fraction of sp³-hybridized carbons (Fsp3) is 0.400. The molecule has 0 bridgehead atoms. The van der Waals surface area contributed by atoms with Crippen LogP contribution in [0.2, 0.25) is 0 Å². The summed E-state index contributed by atoms with van der Waals surface area (Å²) >= 11 is 0. The zero-order valence-electron chi connectivity index (χ0n) is 14.4. The number of rotatable bonds is 3. The van der Waals surface area contributed by atoms with Gasteiger partial charge in [-0.05, 0) is 54.5 Å². The number of ether oxygens (including phenoxy) is 2. The van der Waals surface area contributed by atoms with Gasteiger partial charge in [0, 0.05) is 31.0 Å². The molecule has 1 fully saturated rings. The van der Waals surface area contributed by atoms with E-state index in [1.807, 2.05) is 11.0 Å². The molecule has 0 radical (unpaired) electrons. The summed E-state index contributed by atoms with van der Waals surface area (Å²) in [5.74, 6) is 1.73. The molecule has 5 heteroatoms. The number of nitrogens with zero attached hydrogens (tertiary/aromatic N) is 2. The lowest BCUT2D eigenvalue weighted by atomic mass is 9.76.